The van der Waals surface area contributed by atoms with Crippen molar-refractivity contribution in [3.63, 3.8) is 0 Å². The molecular weight excluding hydrogens is 272 g/mol. The lowest BCUT2D eigenvalue weighted by atomic mass is 9.99. The highest BCUT2D eigenvalue weighted by Gasteiger charge is 2.28. The van der Waals surface area contributed by atoms with Gasteiger partial charge in [0, 0.05) is 11.4 Å². The van der Waals surface area contributed by atoms with Crippen LogP contribution in [0.5, 0.6) is 0 Å². The minimum atomic E-state index is -0.0556. The van der Waals surface area contributed by atoms with Crippen molar-refractivity contribution in [1.29, 1.82) is 0 Å². The smallest absolute Gasteiger partial charge is 0.230 e. The molecule has 4 heteroatoms. The molecule has 0 spiro atoms. The second-order valence-electron chi connectivity index (χ2n) is 4.67. The third-order valence-corrected chi connectivity index (χ3v) is 3.66. The number of carbonyl (C=O) groups is 1. The summed E-state index contributed by atoms with van der Waals surface area (Å²) in [6, 6.07) is 17.4. The Morgan fingerprint density at radius 1 is 1.10 bits per heavy atom. The monoisotopic (exact) mass is 284 g/mol. The molecule has 1 heterocycles. The Hall–Kier alpha value is -2.13. The Balaban J connectivity index is 1.89. The van der Waals surface area contributed by atoms with E-state index in [4.69, 9.17) is 11.6 Å². The van der Waals surface area contributed by atoms with Crippen LogP contribution < -0.4 is 0 Å². The van der Waals surface area contributed by atoms with Gasteiger partial charge in [-0.3, -0.25) is 4.79 Å². The molecule has 2 aromatic carbocycles. The van der Waals surface area contributed by atoms with E-state index in [9.17, 15) is 4.79 Å². The Bertz CT molecular complexity index is 637. The first-order valence-corrected chi connectivity index (χ1v) is 6.78. The topological polar surface area (TPSA) is 32.7 Å². The van der Waals surface area contributed by atoms with E-state index in [-0.39, 0.29) is 6.04 Å². The molecule has 3 nitrogen and oxygen atoms in total. The van der Waals surface area contributed by atoms with Crippen molar-refractivity contribution >= 4 is 23.7 Å². The van der Waals surface area contributed by atoms with Gasteiger partial charge in [-0.25, -0.2) is 5.01 Å². The lowest BCUT2D eigenvalue weighted by Crippen LogP contribution is -2.17. The van der Waals surface area contributed by atoms with Crippen LogP contribution in [0.2, 0.25) is 5.02 Å². The molecule has 1 aliphatic rings. The standard InChI is InChI=1S/C16H13ClN2O/c17-14-8-6-13(7-9-14)16-10-15(18-19(16)11-20)12-4-2-1-3-5-12/h1-9,11,16H,10H2/t16-/m0/s1. The van der Waals surface area contributed by atoms with Gasteiger partial charge in [0.1, 0.15) is 0 Å². The molecule has 0 aromatic heterocycles. The molecule has 1 amide bonds. The summed E-state index contributed by atoms with van der Waals surface area (Å²) in [6.45, 7) is 0. The van der Waals surface area contributed by atoms with Crippen LogP contribution in [0, 0.1) is 0 Å². The summed E-state index contributed by atoms with van der Waals surface area (Å²) < 4.78 is 0. The Kier molecular flexibility index (Phi) is 3.52. The van der Waals surface area contributed by atoms with E-state index in [1.54, 1.807) is 0 Å². The predicted molar refractivity (Wildman–Crippen MR) is 79.7 cm³/mol. The molecule has 0 saturated heterocycles. The zero-order valence-corrected chi connectivity index (χ0v) is 11.5. The number of nitrogens with zero attached hydrogens (tertiary/aromatic N) is 2. The fourth-order valence-corrected chi connectivity index (χ4v) is 2.51. The van der Waals surface area contributed by atoms with Crippen molar-refractivity contribution < 1.29 is 4.79 Å². The molecule has 0 aliphatic carbocycles. The number of hydrazone groups is 1. The number of hydrogen-bond acceptors (Lipinski definition) is 2. The van der Waals surface area contributed by atoms with Crippen LogP contribution in [0.3, 0.4) is 0 Å². The fourth-order valence-electron chi connectivity index (χ4n) is 2.39. The number of carbonyl (C=O) groups excluding carboxylic acids is 1. The maximum atomic E-state index is 11.2. The highest BCUT2D eigenvalue weighted by molar-refractivity contribution is 6.30. The van der Waals surface area contributed by atoms with Crippen molar-refractivity contribution in [3.8, 4) is 0 Å². The average Bonchev–Trinajstić information content (AvgIpc) is 2.93. The van der Waals surface area contributed by atoms with Gasteiger partial charge in [0.25, 0.3) is 0 Å². The van der Waals surface area contributed by atoms with Crippen molar-refractivity contribution in [2.45, 2.75) is 12.5 Å². The van der Waals surface area contributed by atoms with Gasteiger partial charge >= 0.3 is 0 Å². The van der Waals surface area contributed by atoms with Crippen LogP contribution in [0.15, 0.2) is 59.7 Å². The van der Waals surface area contributed by atoms with Crippen molar-refractivity contribution in [2.24, 2.45) is 5.10 Å². The highest BCUT2D eigenvalue weighted by Crippen LogP contribution is 2.31. The van der Waals surface area contributed by atoms with E-state index in [2.05, 4.69) is 5.10 Å². The molecule has 0 radical (unpaired) electrons. The van der Waals surface area contributed by atoms with Gasteiger partial charge in [-0.2, -0.15) is 5.10 Å². The zero-order valence-electron chi connectivity index (χ0n) is 10.7. The number of rotatable bonds is 3. The normalized spacial score (nSPS) is 17.9. The number of hydrogen-bond donors (Lipinski definition) is 0. The summed E-state index contributed by atoms with van der Waals surface area (Å²) in [7, 11) is 0. The van der Waals surface area contributed by atoms with Gasteiger partial charge in [0.2, 0.25) is 6.41 Å². The molecule has 0 fully saturated rings. The van der Waals surface area contributed by atoms with E-state index in [0.717, 1.165) is 23.2 Å². The van der Waals surface area contributed by atoms with Gasteiger partial charge < -0.3 is 0 Å². The minimum Gasteiger partial charge on any atom is -0.277 e. The first-order valence-electron chi connectivity index (χ1n) is 6.40. The summed E-state index contributed by atoms with van der Waals surface area (Å²) in [4.78, 5) is 11.2. The third kappa shape index (κ3) is 2.45. The van der Waals surface area contributed by atoms with Crippen molar-refractivity contribution in [1.82, 2.24) is 5.01 Å². The Morgan fingerprint density at radius 2 is 1.80 bits per heavy atom. The predicted octanol–water partition coefficient (Wildman–Crippen LogP) is 3.65. The van der Waals surface area contributed by atoms with Crippen molar-refractivity contribution in [2.75, 3.05) is 0 Å². The molecule has 1 atom stereocenters. The quantitative estimate of drug-likeness (QED) is 0.792. The molecule has 3 rings (SSSR count). The first-order chi connectivity index (χ1) is 9.78. The highest BCUT2D eigenvalue weighted by atomic mass is 35.5. The number of amides is 1. The molecule has 0 N–H and O–H groups in total. The van der Waals surface area contributed by atoms with Gasteiger partial charge in [-0.05, 0) is 23.3 Å². The summed E-state index contributed by atoms with van der Waals surface area (Å²) >= 11 is 5.90. The van der Waals surface area contributed by atoms with E-state index < -0.39 is 0 Å². The van der Waals surface area contributed by atoms with Crippen LogP contribution in [-0.4, -0.2) is 17.1 Å². The Labute approximate surface area is 122 Å². The van der Waals surface area contributed by atoms with Crippen molar-refractivity contribution in [3.05, 3.63) is 70.7 Å². The SMILES string of the molecule is O=CN1N=C(c2ccccc2)C[C@H]1c1ccc(Cl)cc1. The van der Waals surface area contributed by atoms with Crippen LogP contribution in [0.1, 0.15) is 23.6 Å². The van der Waals surface area contributed by atoms with E-state index >= 15 is 0 Å². The zero-order chi connectivity index (χ0) is 13.9. The average molecular weight is 285 g/mol. The first kappa shape index (κ1) is 12.9. The second kappa shape index (κ2) is 5.47. The molecule has 0 saturated carbocycles. The molecule has 20 heavy (non-hydrogen) atoms. The summed E-state index contributed by atoms with van der Waals surface area (Å²) in [5.41, 5.74) is 3.02. The molecule has 1 aliphatic heterocycles. The van der Waals surface area contributed by atoms with Gasteiger partial charge in [-0.1, -0.05) is 54.1 Å². The molecule has 0 bridgehead atoms. The summed E-state index contributed by atoms with van der Waals surface area (Å²) in [5.74, 6) is 0. The Morgan fingerprint density at radius 3 is 2.45 bits per heavy atom. The fraction of sp³-hybridized carbons (Fsp3) is 0.125. The van der Waals surface area contributed by atoms with Gasteiger partial charge in [0.05, 0.1) is 11.8 Å². The molecular formula is C16H13ClN2O. The minimum absolute atomic E-state index is 0.0556. The molecule has 2 aromatic rings. The maximum absolute atomic E-state index is 11.2. The van der Waals surface area contributed by atoms with E-state index in [1.165, 1.54) is 5.01 Å². The van der Waals surface area contributed by atoms with Crippen LogP contribution in [-0.2, 0) is 4.79 Å². The largest absolute Gasteiger partial charge is 0.277 e. The molecule has 0 unspecified atom stereocenters. The van der Waals surface area contributed by atoms with Crippen LogP contribution in [0.4, 0.5) is 0 Å². The number of benzene rings is 2. The summed E-state index contributed by atoms with van der Waals surface area (Å²) in [5, 5.41) is 6.57. The summed E-state index contributed by atoms with van der Waals surface area (Å²) in [6.07, 6.45) is 1.49. The van der Waals surface area contributed by atoms with E-state index in [0.29, 0.717) is 11.4 Å². The lowest BCUT2D eigenvalue weighted by molar-refractivity contribution is -0.119. The molecule has 100 valence electrons. The second-order valence-corrected chi connectivity index (χ2v) is 5.11. The number of halogens is 1. The van der Waals surface area contributed by atoms with Gasteiger partial charge in [0.15, 0.2) is 0 Å². The van der Waals surface area contributed by atoms with Crippen LogP contribution >= 0.6 is 11.6 Å². The maximum Gasteiger partial charge on any atom is 0.230 e. The van der Waals surface area contributed by atoms with Crippen LogP contribution in [0.25, 0.3) is 0 Å². The van der Waals surface area contributed by atoms with E-state index in [1.807, 2.05) is 54.6 Å². The third-order valence-electron chi connectivity index (χ3n) is 3.41. The van der Waals surface area contributed by atoms with Gasteiger partial charge in [-0.15, -0.1) is 0 Å². The lowest BCUT2D eigenvalue weighted by Gasteiger charge is -2.17.